The molecule has 10 nitrogen and oxygen atoms in total. The maximum absolute atomic E-state index is 14.0. The molecule has 2 aromatic heterocycles. The number of halogens is 5. The zero-order chi connectivity index (χ0) is 37.6. The fourth-order valence-corrected chi connectivity index (χ4v) is 9.06. The third-order valence-electron chi connectivity index (χ3n) is 12.3. The number of H-pyrrole nitrogens is 1. The quantitative estimate of drug-likeness (QED) is 0.132. The molecule has 2 saturated carbocycles. The molecule has 0 bridgehead atoms. The molecule has 3 aliphatic heterocycles. The first-order valence-electron chi connectivity index (χ1n) is 18.9. The van der Waals surface area contributed by atoms with E-state index in [2.05, 4.69) is 21.7 Å². The predicted octanol–water partition coefficient (Wildman–Crippen LogP) is 6.96. The van der Waals surface area contributed by atoms with Gasteiger partial charge in [-0.15, -0.1) is 0 Å². The second-order valence-electron chi connectivity index (χ2n) is 16.1. The summed E-state index contributed by atoms with van der Waals surface area (Å²) in [6.45, 7) is 6.98. The Hall–Kier alpha value is -4.08. The van der Waals surface area contributed by atoms with Gasteiger partial charge >= 0.3 is 12.2 Å². The number of nitrogens with one attached hydrogen (secondary N) is 1. The molecule has 54 heavy (non-hydrogen) atoms. The van der Waals surface area contributed by atoms with Crippen molar-refractivity contribution < 1.29 is 36.5 Å². The van der Waals surface area contributed by atoms with E-state index in [1.807, 2.05) is 30.0 Å². The van der Waals surface area contributed by atoms with Gasteiger partial charge in [0.15, 0.2) is 12.4 Å². The molecule has 0 amide bonds. The molecule has 5 aliphatic rings. The Morgan fingerprint density at radius 2 is 1.80 bits per heavy atom. The standard InChI is InChI=1S/C39H44F5N7O3/c1-3-30(52)51-18-37(19-51)8-11-49(12-9-37)35-27-16-26(23-5-6-23)32(31-22(2)4-7-29-28(31)17-45-48-29)34(53-21-39(42,43)44)33(27)46-36(47-35)54-25-14-24(15-25)50-13-10-38(40,41)20-50/h3-4,7,16-17,23-25,30,52H,1,5-6,8-15,18-21H2,2H3,(H,45,48)/t24-,25-,30?. The van der Waals surface area contributed by atoms with Gasteiger partial charge in [0.25, 0.3) is 5.92 Å². The van der Waals surface area contributed by atoms with Crippen LogP contribution in [-0.4, -0.2) is 111 Å². The summed E-state index contributed by atoms with van der Waals surface area (Å²) in [5.41, 5.74) is 4.09. The Kier molecular flexibility index (Phi) is 8.58. The lowest BCUT2D eigenvalue weighted by molar-refractivity contribution is -0.153. The molecular weight excluding hydrogens is 709 g/mol. The van der Waals surface area contributed by atoms with E-state index < -0.39 is 24.9 Å². The maximum atomic E-state index is 14.0. The van der Waals surface area contributed by atoms with Crippen LogP contribution in [0.5, 0.6) is 11.8 Å². The molecule has 0 radical (unpaired) electrons. The molecule has 15 heteroatoms. The van der Waals surface area contributed by atoms with Gasteiger partial charge in [0.05, 0.1) is 18.3 Å². The highest BCUT2D eigenvalue weighted by Gasteiger charge is 2.48. The van der Waals surface area contributed by atoms with Crippen LogP contribution in [0.2, 0.25) is 0 Å². The van der Waals surface area contributed by atoms with E-state index in [0.717, 1.165) is 66.4 Å². The number of benzene rings is 2. The lowest BCUT2D eigenvalue weighted by Gasteiger charge is -2.55. The molecule has 1 atom stereocenters. The van der Waals surface area contributed by atoms with Gasteiger partial charge < -0.3 is 19.5 Å². The lowest BCUT2D eigenvalue weighted by Crippen LogP contribution is -2.62. The van der Waals surface area contributed by atoms with Crippen LogP contribution in [-0.2, 0) is 0 Å². The summed E-state index contributed by atoms with van der Waals surface area (Å²) in [4.78, 5) is 15.8. The summed E-state index contributed by atoms with van der Waals surface area (Å²) in [6.07, 6.45) is 1.93. The molecule has 2 aliphatic carbocycles. The minimum Gasteiger partial charge on any atom is -0.481 e. The van der Waals surface area contributed by atoms with Crippen LogP contribution < -0.4 is 14.4 Å². The van der Waals surface area contributed by atoms with Crippen LogP contribution in [0, 0.1) is 12.3 Å². The van der Waals surface area contributed by atoms with E-state index in [1.165, 1.54) is 6.08 Å². The minimum absolute atomic E-state index is 0.0251. The minimum atomic E-state index is -4.62. The number of fused-ring (bicyclic) bond motifs is 2. The van der Waals surface area contributed by atoms with E-state index in [-0.39, 0.29) is 53.7 Å². The van der Waals surface area contributed by atoms with Crippen LogP contribution >= 0.6 is 0 Å². The summed E-state index contributed by atoms with van der Waals surface area (Å²) >= 11 is 0. The lowest BCUT2D eigenvalue weighted by atomic mass is 9.72. The average molecular weight is 754 g/mol. The number of hydrogen-bond donors (Lipinski definition) is 2. The largest absolute Gasteiger partial charge is 0.481 e. The van der Waals surface area contributed by atoms with Crippen LogP contribution in [0.25, 0.3) is 32.9 Å². The predicted molar refractivity (Wildman–Crippen MR) is 193 cm³/mol. The van der Waals surface area contributed by atoms with Gasteiger partial charge in [-0.25, -0.2) is 8.78 Å². The van der Waals surface area contributed by atoms with E-state index in [1.54, 1.807) is 11.1 Å². The molecule has 5 fully saturated rings. The number of nitrogens with zero attached hydrogens (tertiary/aromatic N) is 6. The highest BCUT2D eigenvalue weighted by atomic mass is 19.4. The number of aromatic nitrogens is 4. The van der Waals surface area contributed by atoms with Gasteiger partial charge in [-0.05, 0) is 78.8 Å². The summed E-state index contributed by atoms with van der Waals surface area (Å²) in [6, 6.07) is 5.85. The van der Waals surface area contributed by atoms with Crippen molar-refractivity contribution >= 4 is 27.6 Å². The third-order valence-corrected chi connectivity index (χ3v) is 12.3. The highest BCUT2D eigenvalue weighted by molar-refractivity contribution is 6.06. The summed E-state index contributed by atoms with van der Waals surface area (Å²) in [7, 11) is 0. The van der Waals surface area contributed by atoms with Gasteiger partial charge in [0.1, 0.15) is 23.7 Å². The number of aryl methyl sites for hydroxylation is 1. The SMILES string of the molecule is C=CC(O)N1CC2(CCN(c3nc(O[C@H]4C[C@H](N5CCC(F)(F)C5)C4)nc4c(OCC(F)(F)F)c(-c5c(C)ccc6[nH]ncc56)c(C5CC5)cc34)CC2)C1. The third kappa shape index (κ3) is 6.55. The molecular formula is C39H44F5N7O3. The second kappa shape index (κ2) is 13.0. The molecule has 9 rings (SSSR count). The van der Waals surface area contributed by atoms with Crippen molar-refractivity contribution in [2.75, 3.05) is 50.8 Å². The summed E-state index contributed by atoms with van der Waals surface area (Å²) < 4.78 is 82.4. The number of rotatable bonds is 10. The summed E-state index contributed by atoms with van der Waals surface area (Å²) in [5.74, 6) is -1.97. The molecule has 3 saturated heterocycles. The Balaban J connectivity index is 1.14. The van der Waals surface area contributed by atoms with Crippen LogP contribution in [0.1, 0.15) is 62.0 Å². The molecule has 4 aromatic rings. The van der Waals surface area contributed by atoms with E-state index in [0.29, 0.717) is 49.2 Å². The van der Waals surface area contributed by atoms with Crippen LogP contribution in [0.4, 0.5) is 27.8 Å². The number of piperidine rings is 1. The van der Waals surface area contributed by atoms with Gasteiger partial charge in [-0.1, -0.05) is 12.6 Å². The van der Waals surface area contributed by atoms with Crippen LogP contribution in [0.3, 0.4) is 0 Å². The van der Waals surface area contributed by atoms with Gasteiger partial charge in [-0.3, -0.25) is 14.9 Å². The molecule has 288 valence electrons. The fourth-order valence-electron chi connectivity index (χ4n) is 9.06. The van der Waals surface area contributed by atoms with Crippen molar-refractivity contribution in [1.29, 1.82) is 0 Å². The van der Waals surface area contributed by atoms with Crippen molar-refractivity contribution in [1.82, 2.24) is 30.0 Å². The Morgan fingerprint density at radius 3 is 2.46 bits per heavy atom. The summed E-state index contributed by atoms with van der Waals surface area (Å²) in [5, 5.41) is 18.9. The van der Waals surface area contributed by atoms with Gasteiger partial charge in [0.2, 0.25) is 0 Å². The zero-order valence-electron chi connectivity index (χ0n) is 30.1. The van der Waals surface area contributed by atoms with E-state index in [9.17, 15) is 27.1 Å². The molecule has 5 heterocycles. The second-order valence-corrected chi connectivity index (χ2v) is 16.1. The monoisotopic (exact) mass is 753 g/mol. The number of hydrogen-bond acceptors (Lipinski definition) is 9. The molecule has 2 N–H and O–H groups in total. The Labute approximate surface area is 309 Å². The fraction of sp³-hybridized carbons (Fsp3) is 0.564. The molecule has 1 unspecified atom stereocenters. The zero-order valence-corrected chi connectivity index (χ0v) is 30.1. The van der Waals surface area contributed by atoms with Crippen molar-refractivity contribution in [3.63, 3.8) is 0 Å². The van der Waals surface area contributed by atoms with Gasteiger partial charge in [-0.2, -0.15) is 28.2 Å². The number of ether oxygens (including phenoxy) is 2. The number of aliphatic hydroxyl groups excluding tert-OH is 1. The molecule has 1 spiro atoms. The number of aliphatic hydroxyl groups is 1. The van der Waals surface area contributed by atoms with Crippen molar-refractivity contribution in [3.8, 4) is 22.9 Å². The Bertz CT molecular complexity index is 2080. The highest BCUT2D eigenvalue weighted by Crippen LogP contribution is 2.53. The first-order valence-corrected chi connectivity index (χ1v) is 18.9. The normalized spacial score (nSPS) is 24.8. The van der Waals surface area contributed by atoms with E-state index in [4.69, 9.17) is 19.4 Å². The van der Waals surface area contributed by atoms with E-state index >= 15 is 0 Å². The Morgan fingerprint density at radius 1 is 1.04 bits per heavy atom. The number of aromatic amines is 1. The number of alkyl halides is 5. The van der Waals surface area contributed by atoms with Crippen molar-refractivity contribution in [2.24, 2.45) is 5.41 Å². The smallest absolute Gasteiger partial charge is 0.422 e. The maximum Gasteiger partial charge on any atom is 0.422 e. The first kappa shape index (κ1) is 35.6. The molecule has 2 aromatic carbocycles. The number of anilines is 1. The van der Waals surface area contributed by atoms with Crippen molar-refractivity contribution in [3.05, 3.63) is 48.2 Å². The van der Waals surface area contributed by atoms with Crippen LogP contribution in [0.15, 0.2) is 37.1 Å². The average Bonchev–Trinajstić information content (AvgIpc) is 3.73. The van der Waals surface area contributed by atoms with Crippen molar-refractivity contribution in [2.45, 2.75) is 88.3 Å². The topological polar surface area (TPSA) is 103 Å². The van der Waals surface area contributed by atoms with Gasteiger partial charge in [0, 0.05) is 74.4 Å². The first-order chi connectivity index (χ1) is 25.8. The number of likely N-dealkylation sites (tertiary alicyclic amines) is 2.